The van der Waals surface area contributed by atoms with Crippen molar-refractivity contribution in [3.8, 4) is 0 Å². The van der Waals surface area contributed by atoms with Crippen LogP contribution < -0.4 is 0 Å². The molecule has 1 aliphatic carbocycles. The lowest BCUT2D eigenvalue weighted by Crippen LogP contribution is -2.25. The van der Waals surface area contributed by atoms with E-state index in [-0.39, 0.29) is 5.75 Å². The summed E-state index contributed by atoms with van der Waals surface area (Å²) in [5.41, 5.74) is 0.942. The molecule has 5 nitrogen and oxygen atoms in total. The highest BCUT2D eigenvalue weighted by Gasteiger charge is 2.25. The summed E-state index contributed by atoms with van der Waals surface area (Å²) in [6.07, 6.45) is 4.60. The fraction of sp³-hybridized carbons (Fsp3) is 0.667. The molecule has 0 aromatic carbocycles. The maximum atomic E-state index is 10.6. The Kier molecular flexibility index (Phi) is 4.29. The monoisotopic (exact) mass is 269 g/mol. The Hall–Kier alpha value is -1.01. The van der Waals surface area contributed by atoms with Gasteiger partial charge in [0, 0.05) is 25.3 Å². The summed E-state index contributed by atoms with van der Waals surface area (Å²) in [6, 6.07) is 0.754. The number of nitrogens with zero attached hydrogens (tertiary/aromatic N) is 3. The molecule has 0 saturated heterocycles. The van der Waals surface area contributed by atoms with Crippen molar-refractivity contribution in [1.82, 2.24) is 14.5 Å². The molecule has 1 fully saturated rings. The number of imidazole rings is 1. The Morgan fingerprint density at radius 3 is 3.00 bits per heavy atom. The van der Waals surface area contributed by atoms with E-state index >= 15 is 0 Å². The largest absolute Gasteiger partial charge is 0.481 e. The molecule has 1 N–H and O–H groups in total. The highest BCUT2D eigenvalue weighted by molar-refractivity contribution is 7.99. The minimum atomic E-state index is -0.803. The zero-order chi connectivity index (χ0) is 13.1. The molecule has 0 spiro atoms. The quantitative estimate of drug-likeness (QED) is 0.759. The second kappa shape index (κ2) is 5.75. The van der Waals surface area contributed by atoms with E-state index in [9.17, 15) is 4.79 Å². The molecule has 1 aromatic rings. The van der Waals surface area contributed by atoms with Crippen LogP contribution in [0.2, 0.25) is 0 Å². The maximum absolute atomic E-state index is 10.6. The van der Waals surface area contributed by atoms with Gasteiger partial charge >= 0.3 is 5.97 Å². The van der Waals surface area contributed by atoms with E-state index in [2.05, 4.69) is 21.5 Å². The number of aliphatic carboxylic acids is 1. The van der Waals surface area contributed by atoms with Gasteiger partial charge in [0.05, 0.1) is 11.4 Å². The van der Waals surface area contributed by atoms with Gasteiger partial charge < -0.3 is 14.6 Å². The molecule has 18 heavy (non-hydrogen) atoms. The number of hydrogen-bond acceptors (Lipinski definition) is 4. The summed E-state index contributed by atoms with van der Waals surface area (Å²) < 4.78 is 2.06. The number of rotatable bonds is 7. The molecular weight excluding hydrogens is 250 g/mol. The standard InChI is InChI=1S/C12H19N3O2S/c1-9-7-15(6-5-14(2)10-3-4-10)12(13-9)18-8-11(16)17/h7,10H,3-6,8H2,1-2H3,(H,16,17). The van der Waals surface area contributed by atoms with Crippen molar-refractivity contribution in [2.75, 3.05) is 19.3 Å². The zero-order valence-corrected chi connectivity index (χ0v) is 11.6. The highest BCUT2D eigenvalue weighted by Crippen LogP contribution is 2.25. The van der Waals surface area contributed by atoms with Gasteiger partial charge in [-0.3, -0.25) is 4.79 Å². The van der Waals surface area contributed by atoms with E-state index in [0.29, 0.717) is 0 Å². The number of aromatic nitrogens is 2. The van der Waals surface area contributed by atoms with Gasteiger partial charge in [-0.2, -0.15) is 0 Å². The Morgan fingerprint density at radius 2 is 2.39 bits per heavy atom. The number of hydrogen-bond donors (Lipinski definition) is 1. The highest BCUT2D eigenvalue weighted by atomic mass is 32.2. The molecule has 0 bridgehead atoms. The lowest BCUT2D eigenvalue weighted by molar-refractivity contribution is -0.133. The summed E-state index contributed by atoms with van der Waals surface area (Å²) in [5, 5.41) is 9.51. The molecule has 100 valence electrons. The first-order chi connectivity index (χ1) is 8.56. The topological polar surface area (TPSA) is 58.4 Å². The van der Waals surface area contributed by atoms with Gasteiger partial charge in [-0.1, -0.05) is 11.8 Å². The van der Waals surface area contributed by atoms with E-state index in [4.69, 9.17) is 5.11 Å². The van der Waals surface area contributed by atoms with Gasteiger partial charge in [-0.25, -0.2) is 4.98 Å². The Balaban J connectivity index is 1.91. The van der Waals surface area contributed by atoms with Gasteiger partial charge in [0.2, 0.25) is 0 Å². The van der Waals surface area contributed by atoms with E-state index in [0.717, 1.165) is 30.0 Å². The van der Waals surface area contributed by atoms with Gasteiger partial charge in [0.15, 0.2) is 5.16 Å². The van der Waals surface area contributed by atoms with Crippen molar-refractivity contribution >= 4 is 17.7 Å². The Labute approximate surface area is 111 Å². The van der Waals surface area contributed by atoms with Crippen molar-refractivity contribution in [1.29, 1.82) is 0 Å². The van der Waals surface area contributed by atoms with Crippen LogP contribution >= 0.6 is 11.8 Å². The van der Waals surface area contributed by atoms with E-state index < -0.39 is 5.97 Å². The average molecular weight is 269 g/mol. The van der Waals surface area contributed by atoms with Crippen LogP contribution in [0.25, 0.3) is 0 Å². The predicted molar refractivity (Wildman–Crippen MR) is 71.0 cm³/mol. The number of aryl methyl sites for hydroxylation is 1. The summed E-state index contributed by atoms with van der Waals surface area (Å²) in [4.78, 5) is 17.3. The second-order valence-corrected chi connectivity index (χ2v) is 5.69. The van der Waals surface area contributed by atoms with Crippen LogP contribution in [0.4, 0.5) is 0 Å². The third-order valence-corrected chi connectivity index (χ3v) is 4.02. The van der Waals surface area contributed by atoms with Crippen molar-refractivity contribution in [2.45, 2.75) is 37.5 Å². The zero-order valence-electron chi connectivity index (χ0n) is 10.8. The fourth-order valence-electron chi connectivity index (χ4n) is 1.89. The van der Waals surface area contributed by atoms with Crippen LogP contribution in [0.5, 0.6) is 0 Å². The molecule has 2 rings (SSSR count). The Bertz CT molecular complexity index is 429. The molecule has 1 heterocycles. The van der Waals surface area contributed by atoms with Gasteiger partial charge in [-0.15, -0.1) is 0 Å². The third kappa shape index (κ3) is 3.74. The number of carbonyl (C=O) groups is 1. The van der Waals surface area contributed by atoms with Crippen molar-refractivity contribution in [2.24, 2.45) is 0 Å². The van der Waals surface area contributed by atoms with Crippen LogP contribution in [0, 0.1) is 6.92 Å². The first kappa shape index (κ1) is 13.4. The van der Waals surface area contributed by atoms with Crippen molar-refractivity contribution in [3.05, 3.63) is 11.9 Å². The van der Waals surface area contributed by atoms with Gasteiger partial charge in [0.25, 0.3) is 0 Å². The molecule has 0 unspecified atom stereocenters. The molecule has 0 atom stereocenters. The van der Waals surface area contributed by atoms with Gasteiger partial charge in [0.1, 0.15) is 0 Å². The molecule has 0 aliphatic heterocycles. The van der Waals surface area contributed by atoms with Gasteiger partial charge in [-0.05, 0) is 26.8 Å². The first-order valence-electron chi connectivity index (χ1n) is 6.15. The lowest BCUT2D eigenvalue weighted by atomic mass is 10.5. The summed E-state index contributed by atoms with van der Waals surface area (Å²) >= 11 is 1.29. The van der Waals surface area contributed by atoms with Crippen LogP contribution in [0.3, 0.4) is 0 Å². The predicted octanol–water partition coefficient (Wildman–Crippen LogP) is 1.46. The maximum Gasteiger partial charge on any atom is 0.313 e. The van der Waals surface area contributed by atoms with Crippen LogP contribution in [-0.4, -0.2) is 50.9 Å². The third-order valence-electron chi connectivity index (χ3n) is 3.05. The Morgan fingerprint density at radius 1 is 1.67 bits per heavy atom. The van der Waals surface area contributed by atoms with E-state index in [1.165, 1.54) is 24.6 Å². The van der Waals surface area contributed by atoms with Crippen LogP contribution in [-0.2, 0) is 11.3 Å². The van der Waals surface area contributed by atoms with Crippen LogP contribution in [0.15, 0.2) is 11.4 Å². The van der Waals surface area contributed by atoms with Crippen molar-refractivity contribution in [3.63, 3.8) is 0 Å². The fourth-order valence-corrected chi connectivity index (χ4v) is 2.66. The molecule has 1 aromatic heterocycles. The molecule has 6 heteroatoms. The minimum absolute atomic E-state index is 0.0644. The number of thioether (sulfide) groups is 1. The molecule has 1 aliphatic rings. The SMILES string of the molecule is Cc1cn(CCN(C)C2CC2)c(SCC(=O)O)n1. The minimum Gasteiger partial charge on any atom is -0.481 e. The molecular formula is C12H19N3O2S. The smallest absolute Gasteiger partial charge is 0.313 e. The molecule has 0 radical (unpaired) electrons. The second-order valence-electron chi connectivity index (χ2n) is 4.75. The van der Waals surface area contributed by atoms with Crippen molar-refractivity contribution < 1.29 is 9.90 Å². The summed E-state index contributed by atoms with van der Waals surface area (Å²) in [5.74, 6) is -0.739. The molecule has 0 amide bonds. The summed E-state index contributed by atoms with van der Waals surface area (Å²) in [7, 11) is 2.14. The summed E-state index contributed by atoms with van der Waals surface area (Å²) in [6.45, 7) is 3.79. The lowest BCUT2D eigenvalue weighted by Gasteiger charge is -2.16. The molecule has 1 saturated carbocycles. The number of carboxylic acid groups (broad SMARTS) is 1. The number of carboxylic acids is 1. The van der Waals surface area contributed by atoms with E-state index in [1.807, 2.05) is 13.1 Å². The average Bonchev–Trinajstić information content (AvgIpc) is 3.08. The first-order valence-corrected chi connectivity index (χ1v) is 7.13. The van der Waals surface area contributed by atoms with Crippen LogP contribution in [0.1, 0.15) is 18.5 Å². The normalized spacial score (nSPS) is 15.3. The number of likely N-dealkylation sites (N-methyl/N-ethyl adjacent to an activating group) is 1. The van der Waals surface area contributed by atoms with E-state index in [1.54, 1.807) is 0 Å².